The van der Waals surface area contributed by atoms with Crippen LogP contribution in [0.5, 0.6) is 5.75 Å². The number of aromatic nitrogens is 5. The van der Waals surface area contributed by atoms with E-state index in [1.54, 1.807) is 11.5 Å². The predicted octanol–water partition coefficient (Wildman–Crippen LogP) is 3.00. The van der Waals surface area contributed by atoms with Gasteiger partial charge in [-0.2, -0.15) is 9.97 Å². The first-order valence-electron chi connectivity index (χ1n) is 10.6. The summed E-state index contributed by atoms with van der Waals surface area (Å²) in [6.45, 7) is 9.49. The van der Waals surface area contributed by atoms with Crippen molar-refractivity contribution in [1.29, 1.82) is 0 Å². The number of nitrogens with zero attached hydrogens (tertiary/aromatic N) is 5. The molecule has 0 saturated heterocycles. The monoisotopic (exact) mass is 458 g/mol. The van der Waals surface area contributed by atoms with E-state index in [0.29, 0.717) is 35.9 Å². The topological polar surface area (TPSA) is 118 Å². The van der Waals surface area contributed by atoms with Gasteiger partial charge in [0.15, 0.2) is 5.16 Å². The molecule has 2 heterocycles. The van der Waals surface area contributed by atoms with Crippen LogP contribution < -0.4 is 20.7 Å². The van der Waals surface area contributed by atoms with Crippen molar-refractivity contribution in [2.75, 3.05) is 36.6 Å². The van der Waals surface area contributed by atoms with Gasteiger partial charge in [0, 0.05) is 13.1 Å². The fourth-order valence-electron chi connectivity index (χ4n) is 3.19. The standard InChI is InChI=1S/C21H30N8O2S/c1-6-22-18-25-19(23-7-2)29-20(26-18)27-28-21(29)32-12-16(30)24-17(13(3)4)14-8-10-15(31-5)11-9-14/h8-11,13,17H,6-7,12H2,1-5H3,(H,24,30)(H2,22,23,25,26,27). The average Bonchev–Trinajstić information content (AvgIpc) is 3.19. The van der Waals surface area contributed by atoms with Crippen molar-refractivity contribution in [2.45, 2.75) is 38.9 Å². The quantitative estimate of drug-likeness (QED) is 0.373. The van der Waals surface area contributed by atoms with Crippen LogP contribution in [0, 0.1) is 5.92 Å². The van der Waals surface area contributed by atoms with E-state index in [1.807, 2.05) is 38.1 Å². The minimum Gasteiger partial charge on any atom is -0.497 e. The van der Waals surface area contributed by atoms with Crippen LogP contribution in [0.15, 0.2) is 29.4 Å². The van der Waals surface area contributed by atoms with Gasteiger partial charge >= 0.3 is 0 Å². The largest absolute Gasteiger partial charge is 0.497 e. The molecular weight excluding hydrogens is 428 g/mol. The number of fused-ring (bicyclic) bond motifs is 1. The van der Waals surface area contributed by atoms with E-state index in [-0.39, 0.29) is 23.6 Å². The maximum atomic E-state index is 12.8. The highest BCUT2D eigenvalue weighted by Gasteiger charge is 2.20. The van der Waals surface area contributed by atoms with Gasteiger partial charge in [-0.3, -0.25) is 4.79 Å². The molecule has 3 N–H and O–H groups in total. The Labute approximate surface area is 192 Å². The van der Waals surface area contributed by atoms with Crippen molar-refractivity contribution in [3.05, 3.63) is 29.8 Å². The highest BCUT2D eigenvalue weighted by molar-refractivity contribution is 7.99. The molecule has 3 aromatic rings. The van der Waals surface area contributed by atoms with E-state index in [4.69, 9.17) is 4.74 Å². The molecule has 0 fully saturated rings. The molecule has 2 aromatic heterocycles. The molecule has 1 atom stereocenters. The molecule has 10 nitrogen and oxygen atoms in total. The van der Waals surface area contributed by atoms with Gasteiger partial charge in [-0.05, 0) is 37.5 Å². The maximum Gasteiger partial charge on any atom is 0.261 e. The Morgan fingerprint density at radius 1 is 1.09 bits per heavy atom. The molecule has 11 heteroatoms. The van der Waals surface area contributed by atoms with Gasteiger partial charge in [0.05, 0.1) is 18.9 Å². The maximum absolute atomic E-state index is 12.8. The Bertz CT molecular complexity index is 1040. The van der Waals surface area contributed by atoms with E-state index in [9.17, 15) is 4.79 Å². The summed E-state index contributed by atoms with van der Waals surface area (Å²) in [5.41, 5.74) is 1.03. The van der Waals surface area contributed by atoms with Gasteiger partial charge in [0.2, 0.25) is 17.8 Å². The van der Waals surface area contributed by atoms with Crippen molar-refractivity contribution in [3.63, 3.8) is 0 Å². The van der Waals surface area contributed by atoms with Gasteiger partial charge in [0.25, 0.3) is 5.78 Å². The van der Waals surface area contributed by atoms with Crippen LogP contribution >= 0.6 is 11.8 Å². The number of carbonyl (C=O) groups is 1. The van der Waals surface area contributed by atoms with Crippen molar-refractivity contribution in [3.8, 4) is 5.75 Å². The summed E-state index contributed by atoms with van der Waals surface area (Å²) in [5.74, 6) is 2.61. The summed E-state index contributed by atoms with van der Waals surface area (Å²) in [5, 5.41) is 18.4. The van der Waals surface area contributed by atoms with Crippen LogP contribution in [-0.4, -0.2) is 56.4 Å². The zero-order chi connectivity index (χ0) is 23.1. The van der Waals surface area contributed by atoms with Crippen molar-refractivity contribution in [1.82, 2.24) is 29.9 Å². The first kappa shape index (κ1) is 23.6. The fraction of sp³-hybridized carbons (Fsp3) is 0.476. The number of anilines is 2. The Morgan fingerprint density at radius 2 is 1.81 bits per heavy atom. The SMILES string of the molecule is CCNc1nc(NCC)n2c(SCC(=O)NC(c3ccc(OC)cc3)C(C)C)nnc2n1. The Morgan fingerprint density at radius 3 is 2.44 bits per heavy atom. The number of amides is 1. The van der Waals surface area contributed by atoms with E-state index in [1.165, 1.54) is 11.8 Å². The lowest BCUT2D eigenvalue weighted by molar-refractivity contribution is -0.119. The number of ether oxygens (including phenoxy) is 1. The summed E-state index contributed by atoms with van der Waals surface area (Å²) in [6.07, 6.45) is 0. The van der Waals surface area contributed by atoms with E-state index >= 15 is 0 Å². The molecule has 0 spiro atoms. The number of thioether (sulfide) groups is 1. The lowest BCUT2D eigenvalue weighted by Crippen LogP contribution is -2.33. The number of hydrogen-bond donors (Lipinski definition) is 3. The third kappa shape index (κ3) is 5.58. The zero-order valence-corrected chi connectivity index (χ0v) is 19.9. The molecular formula is C21H30N8O2S. The Kier molecular flexibility index (Phi) is 8.09. The lowest BCUT2D eigenvalue weighted by Gasteiger charge is -2.23. The van der Waals surface area contributed by atoms with Crippen LogP contribution in [-0.2, 0) is 4.79 Å². The minimum atomic E-state index is -0.104. The minimum absolute atomic E-state index is 0.0866. The average molecular weight is 459 g/mol. The molecule has 172 valence electrons. The van der Waals surface area contributed by atoms with Crippen LogP contribution in [0.1, 0.15) is 39.3 Å². The molecule has 0 aliphatic carbocycles. The van der Waals surface area contributed by atoms with Crippen LogP contribution in [0.4, 0.5) is 11.9 Å². The molecule has 3 rings (SSSR count). The van der Waals surface area contributed by atoms with Gasteiger partial charge in [-0.25, -0.2) is 4.40 Å². The molecule has 32 heavy (non-hydrogen) atoms. The third-order valence-corrected chi connectivity index (χ3v) is 5.63. The first-order valence-corrected chi connectivity index (χ1v) is 11.6. The second-order valence-electron chi connectivity index (χ2n) is 7.40. The predicted molar refractivity (Wildman–Crippen MR) is 126 cm³/mol. The summed E-state index contributed by atoms with van der Waals surface area (Å²) >= 11 is 1.30. The summed E-state index contributed by atoms with van der Waals surface area (Å²) < 4.78 is 6.96. The normalized spacial score (nSPS) is 12.1. The number of nitrogens with one attached hydrogen (secondary N) is 3. The molecule has 1 aromatic carbocycles. The Balaban J connectivity index is 1.72. The smallest absolute Gasteiger partial charge is 0.261 e. The van der Waals surface area contributed by atoms with Crippen LogP contribution in [0.25, 0.3) is 5.78 Å². The summed E-state index contributed by atoms with van der Waals surface area (Å²) in [6, 6.07) is 7.65. The van der Waals surface area contributed by atoms with Gasteiger partial charge in [-0.15, -0.1) is 10.2 Å². The first-order chi connectivity index (χ1) is 15.5. The molecule has 0 saturated carbocycles. The third-order valence-electron chi connectivity index (χ3n) is 4.71. The number of hydrogen-bond acceptors (Lipinski definition) is 9. The highest BCUT2D eigenvalue weighted by Crippen LogP contribution is 2.25. The van der Waals surface area contributed by atoms with Crippen LogP contribution in [0.3, 0.4) is 0 Å². The van der Waals surface area contributed by atoms with Gasteiger partial charge < -0.3 is 20.7 Å². The second-order valence-corrected chi connectivity index (χ2v) is 8.34. The summed E-state index contributed by atoms with van der Waals surface area (Å²) in [4.78, 5) is 21.6. The molecule has 0 aliphatic rings. The van der Waals surface area contributed by atoms with Crippen molar-refractivity contribution in [2.24, 2.45) is 5.92 Å². The number of methoxy groups -OCH3 is 1. The molecule has 0 aliphatic heterocycles. The van der Waals surface area contributed by atoms with E-state index < -0.39 is 0 Å². The number of carbonyl (C=O) groups excluding carboxylic acids is 1. The van der Waals surface area contributed by atoms with Gasteiger partial charge in [-0.1, -0.05) is 37.7 Å². The van der Waals surface area contributed by atoms with E-state index in [2.05, 4.69) is 50.0 Å². The zero-order valence-electron chi connectivity index (χ0n) is 19.0. The van der Waals surface area contributed by atoms with Crippen molar-refractivity contribution < 1.29 is 9.53 Å². The van der Waals surface area contributed by atoms with Crippen molar-refractivity contribution >= 4 is 35.3 Å². The number of benzene rings is 1. The van der Waals surface area contributed by atoms with Crippen LogP contribution in [0.2, 0.25) is 0 Å². The second kappa shape index (κ2) is 11.0. The lowest BCUT2D eigenvalue weighted by atomic mass is 9.96. The summed E-state index contributed by atoms with van der Waals surface area (Å²) in [7, 11) is 1.63. The highest BCUT2D eigenvalue weighted by atomic mass is 32.2. The number of rotatable bonds is 11. The molecule has 0 bridgehead atoms. The molecule has 1 amide bonds. The fourth-order valence-corrected chi connectivity index (χ4v) is 3.93. The molecule has 1 unspecified atom stereocenters. The van der Waals surface area contributed by atoms with E-state index in [0.717, 1.165) is 11.3 Å². The van der Waals surface area contributed by atoms with Gasteiger partial charge in [0.1, 0.15) is 5.75 Å². The Hall–Kier alpha value is -3.08. The molecule has 0 radical (unpaired) electrons.